The summed E-state index contributed by atoms with van der Waals surface area (Å²) in [4.78, 5) is 0. The van der Waals surface area contributed by atoms with Crippen molar-refractivity contribution in [2.45, 2.75) is 26.7 Å². The maximum atomic E-state index is 2.21. The van der Waals surface area contributed by atoms with Crippen molar-refractivity contribution in [2.75, 3.05) is 0 Å². The second-order valence-electron chi connectivity index (χ2n) is 2.31. The molecule has 0 atom stereocenters. The van der Waals surface area contributed by atoms with Gasteiger partial charge in [-0.2, -0.15) is 0 Å². The molecule has 0 aliphatic heterocycles. The van der Waals surface area contributed by atoms with Gasteiger partial charge >= 0.3 is 0 Å². The number of rotatable bonds is 1. The van der Waals surface area contributed by atoms with Crippen molar-refractivity contribution in [1.82, 2.24) is 0 Å². The van der Waals surface area contributed by atoms with E-state index >= 15 is 0 Å². The van der Waals surface area contributed by atoms with Crippen LogP contribution in [-0.2, 0) is 0 Å². The van der Waals surface area contributed by atoms with Gasteiger partial charge in [0.1, 0.15) is 0 Å². The fourth-order valence-corrected chi connectivity index (χ4v) is 0.946. The SMILES string of the molecule is C/C=C\C1=C(C)CC1. The van der Waals surface area contributed by atoms with Crippen molar-refractivity contribution < 1.29 is 0 Å². The summed E-state index contributed by atoms with van der Waals surface area (Å²) in [6, 6.07) is 0. The molecule has 0 radical (unpaired) electrons. The predicted molar refractivity (Wildman–Crippen MR) is 36.7 cm³/mol. The summed E-state index contributed by atoms with van der Waals surface area (Å²) in [5.41, 5.74) is 3.12. The molecule has 0 aromatic carbocycles. The minimum absolute atomic E-state index is 1.30. The van der Waals surface area contributed by atoms with Crippen molar-refractivity contribution >= 4 is 0 Å². The predicted octanol–water partition coefficient (Wildman–Crippen LogP) is 2.67. The highest BCUT2D eigenvalue weighted by molar-refractivity contribution is 5.31. The Morgan fingerprint density at radius 2 is 2.12 bits per heavy atom. The van der Waals surface area contributed by atoms with E-state index in [-0.39, 0.29) is 0 Å². The highest BCUT2D eigenvalue weighted by Crippen LogP contribution is 2.27. The molecule has 1 aliphatic carbocycles. The first-order valence-corrected chi connectivity index (χ1v) is 3.16. The summed E-state index contributed by atoms with van der Waals surface area (Å²) in [6.07, 6.45) is 6.94. The lowest BCUT2D eigenvalue weighted by atomic mass is 9.90. The smallest absolute Gasteiger partial charge is 0.0242 e. The van der Waals surface area contributed by atoms with Crippen LogP contribution < -0.4 is 0 Å². The van der Waals surface area contributed by atoms with Gasteiger partial charge in [0.2, 0.25) is 0 Å². The van der Waals surface area contributed by atoms with Crippen molar-refractivity contribution in [1.29, 1.82) is 0 Å². The first kappa shape index (κ1) is 5.61. The minimum atomic E-state index is 1.30. The third-order valence-corrected chi connectivity index (χ3v) is 1.69. The van der Waals surface area contributed by atoms with Crippen LogP contribution in [0, 0.1) is 0 Å². The van der Waals surface area contributed by atoms with Gasteiger partial charge in [0.15, 0.2) is 0 Å². The Hall–Kier alpha value is -0.520. The van der Waals surface area contributed by atoms with Gasteiger partial charge in [0, 0.05) is 0 Å². The maximum absolute atomic E-state index is 2.21. The average Bonchev–Trinajstić information content (AvgIpc) is 1.79. The van der Waals surface area contributed by atoms with Gasteiger partial charge in [0.05, 0.1) is 0 Å². The zero-order valence-electron chi connectivity index (χ0n) is 5.57. The summed E-state index contributed by atoms with van der Waals surface area (Å²) in [6.45, 7) is 4.28. The van der Waals surface area contributed by atoms with Crippen LogP contribution in [0.3, 0.4) is 0 Å². The van der Waals surface area contributed by atoms with Gasteiger partial charge in [-0.1, -0.05) is 17.7 Å². The van der Waals surface area contributed by atoms with E-state index in [2.05, 4.69) is 26.0 Å². The number of hydrogen-bond acceptors (Lipinski definition) is 0. The van der Waals surface area contributed by atoms with Crippen LogP contribution in [-0.4, -0.2) is 0 Å². The molecule has 1 rings (SSSR count). The molecule has 0 heteroatoms. The van der Waals surface area contributed by atoms with Crippen LogP contribution in [0.25, 0.3) is 0 Å². The number of hydrogen-bond donors (Lipinski definition) is 0. The Morgan fingerprint density at radius 1 is 1.38 bits per heavy atom. The first-order chi connectivity index (χ1) is 3.84. The third kappa shape index (κ3) is 0.835. The molecule has 0 spiro atoms. The van der Waals surface area contributed by atoms with Crippen LogP contribution in [0.5, 0.6) is 0 Å². The summed E-state index contributed by atoms with van der Waals surface area (Å²) < 4.78 is 0. The normalized spacial score (nSPS) is 19.8. The Balaban J connectivity index is 2.60. The van der Waals surface area contributed by atoms with E-state index in [4.69, 9.17) is 0 Å². The topological polar surface area (TPSA) is 0 Å². The molecule has 0 unspecified atom stereocenters. The molecule has 0 bridgehead atoms. The van der Waals surface area contributed by atoms with Crippen LogP contribution in [0.2, 0.25) is 0 Å². The molecule has 0 N–H and O–H groups in total. The summed E-state index contributed by atoms with van der Waals surface area (Å²) >= 11 is 0. The van der Waals surface area contributed by atoms with Crippen molar-refractivity contribution in [3.05, 3.63) is 23.3 Å². The second-order valence-corrected chi connectivity index (χ2v) is 2.31. The molecule has 8 heavy (non-hydrogen) atoms. The van der Waals surface area contributed by atoms with E-state index < -0.39 is 0 Å². The Kier molecular flexibility index (Phi) is 1.52. The highest BCUT2D eigenvalue weighted by Gasteiger charge is 2.07. The quantitative estimate of drug-likeness (QED) is 0.484. The monoisotopic (exact) mass is 108 g/mol. The van der Waals surface area contributed by atoms with Gasteiger partial charge in [-0.15, -0.1) is 0 Å². The second kappa shape index (κ2) is 2.17. The van der Waals surface area contributed by atoms with E-state index in [1.807, 2.05) is 0 Å². The van der Waals surface area contributed by atoms with Crippen molar-refractivity contribution in [3.63, 3.8) is 0 Å². The lowest BCUT2D eigenvalue weighted by Gasteiger charge is -2.16. The summed E-state index contributed by atoms with van der Waals surface area (Å²) in [5.74, 6) is 0. The lowest BCUT2D eigenvalue weighted by Crippen LogP contribution is -1.96. The summed E-state index contributed by atoms with van der Waals surface area (Å²) in [5, 5.41) is 0. The fourth-order valence-electron chi connectivity index (χ4n) is 0.946. The molecule has 0 amide bonds. The lowest BCUT2D eigenvalue weighted by molar-refractivity contribution is 0.826. The zero-order valence-corrected chi connectivity index (χ0v) is 5.57. The van der Waals surface area contributed by atoms with Gasteiger partial charge in [-0.25, -0.2) is 0 Å². The molecule has 0 aromatic heterocycles. The first-order valence-electron chi connectivity index (χ1n) is 3.16. The van der Waals surface area contributed by atoms with Crippen LogP contribution in [0.15, 0.2) is 23.3 Å². The van der Waals surface area contributed by atoms with Gasteiger partial charge < -0.3 is 0 Å². The van der Waals surface area contributed by atoms with Crippen molar-refractivity contribution in [2.24, 2.45) is 0 Å². The maximum Gasteiger partial charge on any atom is -0.0242 e. The molecule has 0 saturated carbocycles. The largest absolute Gasteiger partial charge is 0.0874 e. The van der Waals surface area contributed by atoms with Gasteiger partial charge in [0.25, 0.3) is 0 Å². The van der Waals surface area contributed by atoms with E-state index in [9.17, 15) is 0 Å². The average molecular weight is 108 g/mol. The molecule has 1 aliphatic rings. The van der Waals surface area contributed by atoms with Gasteiger partial charge in [-0.05, 0) is 32.3 Å². The van der Waals surface area contributed by atoms with E-state index in [1.54, 1.807) is 11.1 Å². The van der Waals surface area contributed by atoms with Gasteiger partial charge in [-0.3, -0.25) is 0 Å². The molecular weight excluding hydrogens is 96.1 g/mol. The standard InChI is InChI=1S/C8H12/c1-3-4-8-6-5-7(8)2/h3-4H,5-6H2,1-2H3/b4-3-. The minimum Gasteiger partial charge on any atom is -0.0874 e. The zero-order chi connectivity index (χ0) is 5.98. The van der Waals surface area contributed by atoms with Crippen LogP contribution in [0.1, 0.15) is 26.7 Å². The Labute approximate surface area is 50.9 Å². The van der Waals surface area contributed by atoms with Crippen LogP contribution in [0.4, 0.5) is 0 Å². The number of allylic oxidation sites excluding steroid dienone is 4. The molecule has 0 heterocycles. The van der Waals surface area contributed by atoms with E-state index in [0.29, 0.717) is 0 Å². The van der Waals surface area contributed by atoms with E-state index in [0.717, 1.165) is 0 Å². The molecule has 44 valence electrons. The molecular formula is C8H12. The Morgan fingerprint density at radius 3 is 2.25 bits per heavy atom. The Bertz CT molecular complexity index is 138. The highest BCUT2D eigenvalue weighted by atomic mass is 14.1. The van der Waals surface area contributed by atoms with E-state index in [1.165, 1.54) is 12.8 Å². The molecule has 0 saturated heterocycles. The fraction of sp³-hybridized carbons (Fsp3) is 0.500. The third-order valence-electron chi connectivity index (χ3n) is 1.69. The molecule has 0 aromatic rings. The van der Waals surface area contributed by atoms with Crippen molar-refractivity contribution in [3.8, 4) is 0 Å². The molecule has 0 nitrogen and oxygen atoms in total. The summed E-state index contributed by atoms with van der Waals surface area (Å²) in [7, 11) is 0. The molecule has 0 fully saturated rings. The van der Waals surface area contributed by atoms with Crippen LogP contribution >= 0.6 is 0 Å².